The molecule has 4 rings (SSSR count). The monoisotopic (exact) mass is 474 g/mol. The van der Waals surface area contributed by atoms with Crippen molar-refractivity contribution in [1.29, 1.82) is 0 Å². The molecule has 0 amide bonds. The fourth-order valence-corrected chi connectivity index (χ4v) is 19.1. The van der Waals surface area contributed by atoms with Crippen molar-refractivity contribution in [2.24, 2.45) is 0 Å². The fraction of sp³-hybridized carbons (Fsp3) is 0.167. The molecule has 3 aromatic rings. The Hall–Kier alpha value is -1.13. The van der Waals surface area contributed by atoms with E-state index in [1.165, 1.54) is 12.0 Å². The molecule has 0 saturated carbocycles. The van der Waals surface area contributed by atoms with Gasteiger partial charge in [-0.05, 0) is 0 Å². The minimum Gasteiger partial charge on any atom is -1.00 e. The molecule has 1 unspecified atom stereocenters. The number of allylic oxidation sites excluding steroid dienone is 1. The first-order valence-electron chi connectivity index (χ1n) is 9.86. The van der Waals surface area contributed by atoms with Gasteiger partial charge in [0.1, 0.15) is 0 Å². The number of fused-ring (bicyclic) bond motifs is 1. The van der Waals surface area contributed by atoms with Gasteiger partial charge in [0.15, 0.2) is 0 Å². The van der Waals surface area contributed by atoms with Crippen LogP contribution in [0.4, 0.5) is 0 Å². The molecule has 0 radical (unpaired) electrons. The average molecular weight is 475 g/mol. The maximum Gasteiger partial charge on any atom is -1.00 e. The summed E-state index contributed by atoms with van der Waals surface area (Å²) in [6, 6.07) is 31.6. The standard InChI is InChI=1S/C12H11Si.C9H7.C3H8N.2ClH.Ti/c1-3-7-11(8-4-1)13-12-9-5-2-6-10-12;1-2-5-9-7-3-6-8(9)4-1;1-2-3-4;;;/h1-10,13H;1-7H;4H,2-3H2,1H3;2*1H;/q;;-1;;;+3/p-2. The van der Waals surface area contributed by atoms with Crippen molar-refractivity contribution < 1.29 is 42.2 Å². The molecule has 1 aliphatic carbocycles. The van der Waals surface area contributed by atoms with Gasteiger partial charge in [0.25, 0.3) is 0 Å². The van der Waals surface area contributed by atoms with E-state index in [2.05, 4.69) is 108 Å². The van der Waals surface area contributed by atoms with E-state index in [1.54, 1.807) is 15.9 Å². The Kier molecular flexibility index (Phi) is 9.91. The van der Waals surface area contributed by atoms with Crippen molar-refractivity contribution in [3.8, 4) is 0 Å². The van der Waals surface area contributed by atoms with E-state index < -0.39 is 24.0 Å². The Bertz CT molecular complexity index is 866. The SMILES string of the molecule is CCC[NH][Ti+2]([CH]1C=Cc2ccccc21)[SiH](c1ccccc1)c1ccccc1.[Cl-].[Cl-]. The van der Waals surface area contributed by atoms with Crippen molar-refractivity contribution in [2.75, 3.05) is 6.54 Å². The molecule has 0 fully saturated rings. The molecule has 5 heteroatoms. The smallest absolute Gasteiger partial charge is 1.00 e. The zero-order chi connectivity index (χ0) is 18.5. The minimum absolute atomic E-state index is 0. The van der Waals surface area contributed by atoms with Gasteiger partial charge in [-0.1, -0.05) is 0 Å². The molecule has 0 heterocycles. The van der Waals surface area contributed by atoms with Gasteiger partial charge in [0, 0.05) is 0 Å². The summed E-state index contributed by atoms with van der Waals surface area (Å²) in [5.74, 6) is 0. The molecule has 0 saturated heterocycles. The quantitative estimate of drug-likeness (QED) is 0.384. The number of nitrogens with one attached hydrogen (secondary N) is 1. The first-order chi connectivity index (χ1) is 13.4. The van der Waals surface area contributed by atoms with Crippen molar-refractivity contribution >= 4 is 23.1 Å². The molecular formula is C24H26Cl2NSiTi. The van der Waals surface area contributed by atoms with Gasteiger partial charge in [0.2, 0.25) is 0 Å². The number of hydrogen-bond acceptors (Lipinski definition) is 1. The van der Waals surface area contributed by atoms with Crippen LogP contribution in [0.1, 0.15) is 28.7 Å². The molecule has 0 spiro atoms. The van der Waals surface area contributed by atoms with E-state index in [0.29, 0.717) is 4.22 Å². The van der Waals surface area contributed by atoms with Crippen LogP contribution in [0.15, 0.2) is 91.0 Å². The van der Waals surface area contributed by atoms with Crippen LogP contribution in [-0.2, 0) is 17.4 Å². The molecule has 1 aliphatic rings. The van der Waals surface area contributed by atoms with Gasteiger partial charge in [-0.25, -0.2) is 0 Å². The summed E-state index contributed by atoms with van der Waals surface area (Å²) in [4.78, 5) is 0. The number of hydrogen-bond donors (Lipinski definition) is 1. The number of halogens is 2. The molecular weight excluding hydrogens is 449 g/mol. The van der Waals surface area contributed by atoms with Crippen LogP contribution in [0, 0.1) is 0 Å². The normalized spacial score (nSPS) is 14.1. The van der Waals surface area contributed by atoms with Gasteiger partial charge in [-0.2, -0.15) is 0 Å². The van der Waals surface area contributed by atoms with E-state index in [-0.39, 0.29) is 24.8 Å². The van der Waals surface area contributed by atoms with E-state index in [1.807, 2.05) is 0 Å². The Labute approximate surface area is 194 Å². The topological polar surface area (TPSA) is 12.0 Å². The average Bonchev–Trinajstić information content (AvgIpc) is 3.16. The van der Waals surface area contributed by atoms with E-state index in [0.717, 1.165) is 6.54 Å². The van der Waals surface area contributed by atoms with Crippen molar-refractivity contribution in [2.45, 2.75) is 17.6 Å². The molecule has 149 valence electrons. The minimum atomic E-state index is -1.66. The summed E-state index contributed by atoms with van der Waals surface area (Å²) in [6.45, 7) is 2.11. The van der Waals surface area contributed by atoms with Crippen LogP contribution in [0.5, 0.6) is 0 Å². The third kappa shape index (κ3) is 5.52. The second-order valence-electron chi connectivity index (χ2n) is 7.10. The Morgan fingerprint density at radius 3 is 1.93 bits per heavy atom. The number of benzene rings is 3. The largest absolute Gasteiger partial charge is 1.00 e. The summed E-state index contributed by atoms with van der Waals surface area (Å²) in [5.41, 5.74) is 2.96. The maximum atomic E-state index is 4.13. The third-order valence-electron chi connectivity index (χ3n) is 5.29. The van der Waals surface area contributed by atoms with Crippen molar-refractivity contribution in [3.05, 3.63) is 102 Å². The van der Waals surface area contributed by atoms with Crippen LogP contribution in [-0.4, -0.2) is 13.2 Å². The third-order valence-corrected chi connectivity index (χ3v) is 19.2. The fourth-order valence-electron chi connectivity index (χ4n) is 4.02. The van der Waals surface area contributed by atoms with Gasteiger partial charge in [-0.3, -0.25) is 0 Å². The molecule has 0 aliphatic heterocycles. The van der Waals surface area contributed by atoms with Crippen LogP contribution in [0.25, 0.3) is 6.08 Å². The Morgan fingerprint density at radius 1 is 0.793 bits per heavy atom. The molecule has 29 heavy (non-hydrogen) atoms. The van der Waals surface area contributed by atoms with Crippen molar-refractivity contribution in [3.63, 3.8) is 0 Å². The molecule has 1 N–H and O–H groups in total. The Balaban J connectivity index is 0.00000150. The van der Waals surface area contributed by atoms with Gasteiger partial charge in [0.05, 0.1) is 0 Å². The molecule has 0 bridgehead atoms. The maximum absolute atomic E-state index is 4.13. The predicted octanol–water partition coefficient (Wildman–Crippen LogP) is -2.17. The first-order valence-corrected chi connectivity index (χ1v) is 16.0. The second kappa shape index (κ2) is 11.9. The Morgan fingerprint density at radius 2 is 1.34 bits per heavy atom. The van der Waals surface area contributed by atoms with Crippen LogP contribution >= 0.6 is 0 Å². The summed E-state index contributed by atoms with van der Waals surface area (Å²) >= 11 is -1.66. The van der Waals surface area contributed by atoms with Gasteiger partial charge >= 0.3 is 171 Å². The number of rotatable bonds is 7. The van der Waals surface area contributed by atoms with Crippen molar-refractivity contribution in [1.82, 2.24) is 3.80 Å². The predicted molar refractivity (Wildman–Crippen MR) is 116 cm³/mol. The van der Waals surface area contributed by atoms with Crippen LogP contribution < -0.4 is 39.0 Å². The van der Waals surface area contributed by atoms with E-state index in [4.69, 9.17) is 0 Å². The summed E-state index contributed by atoms with van der Waals surface area (Å²) in [6.07, 6.45) is 6.04. The molecule has 1 nitrogen and oxygen atoms in total. The van der Waals surface area contributed by atoms with Gasteiger partial charge < -0.3 is 24.8 Å². The molecule has 0 aromatic heterocycles. The van der Waals surface area contributed by atoms with Crippen LogP contribution in [0.3, 0.4) is 0 Å². The zero-order valence-corrected chi connectivity index (χ0v) is 20.8. The summed E-state index contributed by atoms with van der Waals surface area (Å²) in [7, 11) is 0. The summed E-state index contributed by atoms with van der Waals surface area (Å²) < 4.78 is 4.73. The van der Waals surface area contributed by atoms with E-state index >= 15 is 0 Å². The molecule has 1 atom stereocenters. The van der Waals surface area contributed by atoms with Crippen LogP contribution in [0.2, 0.25) is 0 Å². The summed E-state index contributed by atoms with van der Waals surface area (Å²) in [5, 5.41) is 3.17. The zero-order valence-electron chi connectivity index (χ0n) is 16.6. The first kappa shape index (κ1) is 24.1. The van der Waals surface area contributed by atoms with E-state index in [9.17, 15) is 0 Å². The molecule has 3 aromatic carbocycles. The second-order valence-corrected chi connectivity index (χ2v) is 17.5. The van der Waals surface area contributed by atoms with Gasteiger partial charge in [-0.15, -0.1) is 0 Å².